The van der Waals surface area contributed by atoms with Crippen molar-refractivity contribution < 1.29 is 14.0 Å². The lowest BCUT2D eigenvalue weighted by Gasteiger charge is -2.32. The lowest BCUT2D eigenvalue weighted by Crippen LogP contribution is -2.46. The van der Waals surface area contributed by atoms with Crippen LogP contribution in [0.3, 0.4) is 0 Å². The highest BCUT2D eigenvalue weighted by Crippen LogP contribution is 2.27. The molecular formula is C19H26FN3O2. The van der Waals surface area contributed by atoms with E-state index < -0.39 is 11.7 Å². The van der Waals surface area contributed by atoms with Crippen LogP contribution in [0.2, 0.25) is 0 Å². The second-order valence-corrected chi connectivity index (χ2v) is 6.98. The van der Waals surface area contributed by atoms with Crippen molar-refractivity contribution in [3.05, 3.63) is 30.1 Å². The van der Waals surface area contributed by atoms with Crippen molar-refractivity contribution in [2.75, 3.05) is 31.1 Å². The van der Waals surface area contributed by atoms with E-state index in [-0.39, 0.29) is 36.5 Å². The zero-order valence-electron chi connectivity index (χ0n) is 14.7. The SMILES string of the molecule is CCCN1CCC(NC(=O)[C@H]2CC(=O)N(c3ccccc3F)C2)CC1. The molecule has 1 atom stereocenters. The molecule has 136 valence electrons. The molecule has 25 heavy (non-hydrogen) atoms. The van der Waals surface area contributed by atoms with Gasteiger partial charge in [0, 0.05) is 32.1 Å². The Bertz CT molecular complexity index is 629. The van der Waals surface area contributed by atoms with E-state index in [0.29, 0.717) is 0 Å². The summed E-state index contributed by atoms with van der Waals surface area (Å²) in [5, 5.41) is 3.09. The number of hydrogen-bond acceptors (Lipinski definition) is 3. The van der Waals surface area contributed by atoms with Crippen LogP contribution in [-0.2, 0) is 9.59 Å². The minimum absolute atomic E-state index is 0.0823. The van der Waals surface area contributed by atoms with E-state index in [1.54, 1.807) is 18.2 Å². The van der Waals surface area contributed by atoms with Crippen LogP contribution in [0.4, 0.5) is 10.1 Å². The van der Waals surface area contributed by atoms with E-state index in [4.69, 9.17) is 0 Å². The molecule has 0 spiro atoms. The van der Waals surface area contributed by atoms with Gasteiger partial charge in [0.15, 0.2) is 0 Å². The minimum Gasteiger partial charge on any atom is -0.353 e. The summed E-state index contributed by atoms with van der Waals surface area (Å²) >= 11 is 0. The van der Waals surface area contributed by atoms with Crippen LogP contribution in [-0.4, -0.2) is 48.9 Å². The highest BCUT2D eigenvalue weighted by Gasteiger charge is 2.37. The highest BCUT2D eigenvalue weighted by molar-refractivity contribution is 6.00. The number of para-hydroxylation sites is 1. The molecule has 2 fully saturated rings. The average molecular weight is 347 g/mol. The molecule has 0 aromatic heterocycles. The molecule has 6 heteroatoms. The standard InChI is InChI=1S/C19H26FN3O2/c1-2-9-22-10-7-15(8-11-22)21-19(25)14-12-18(24)23(13-14)17-6-4-3-5-16(17)20/h3-6,14-15H,2,7-13H2,1H3,(H,21,25)/t14-/m0/s1. The Morgan fingerprint density at radius 3 is 2.68 bits per heavy atom. The third kappa shape index (κ3) is 4.18. The summed E-state index contributed by atoms with van der Waals surface area (Å²) in [4.78, 5) is 28.6. The number of rotatable bonds is 5. The maximum Gasteiger partial charge on any atom is 0.227 e. The van der Waals surface area contributed by atoms with Gasteiger partial charge in [-0.05, 0) is 37.9 Å². The molecule has 1 N–H and O–H groups in total. The minimum atomic E-state index is -0.430. The van der Waals surface area contributed by atoms with Crippen LogP contribution in [0.5, 0.6) is 0 Å². The van der Waals surface area contributed by atoms with Crippen LogP contribution in [0, 0.1) is 11.7 Å². The van der Waals surface area contributed by atoms with Gasteiger partial charge >= 0.3 is 0 Å². The first-order chi connectivity index (χ1) is 12.1. The summed E-state index contributed by atoms with van der Waals surface area (Å²) in [6.45, 7) is 5.54. The van der Waals surface area contributed by atoms with Gasteiger partial charge < -0.3 is 15.1 Å². The highest BCUT2D eigenvalue weighted by atomic mass is 19.1. The van der Waals surface area contributed by atoms with Crippen LogP contribution in [0.1, 0.15) is 32.6 Å². The van der Waals surface area contributed by atoms with Gasteiger partial charge in [-0.15, -0.1) is 0 Å². The number of anilines is 1. The van der Waals surface area contributed by atoms with Crippen LogP contribution in [0.25, 0.3) is 0 Å². The van der Waals surface area contributed by atoms with Crippen molar-refractivity contribution in [1.82, 2.24) is 10.2 Å². The first kappa shape index (κ1) is 17.9. The quantitative estimate of drug-likeness (QED) is 0.888. The molecule has 3 rings (SSSR count). The average Bonchev–Trinajstić information content (AvgIpc) is 2.99. The molecule has 2 saturated heterocycles. The number of carbonyl (C=O) groups excluding carboxylic acids is 2. The molecule has 2 heterocycles. The fourth-order valence-corrected chi connectivity index (χ4v) is 3.72. The normalized spacial score (nSPS) is 22.4. The number of piperidine rings is 1. The Labute approximate surface area is 148 Å². The Hall–Kier alpha value is -1.95. The van der Waals surface area contributed by atoms with Gasteiger partial charge in [0.1, 0.15) is 5.82 Å². The summed E-state index contributed by atoms with van der Waals surface area (Å²) in [5.41, 5.74) is 0.260. The Balaban J connectivity index is 1.54. The molecule has 0 unspecified atom stereocenters. The van der Waals surface area contributed by atoms with Gasteiger partial charge in [-0.2, -0.15) is 0 Å². The van der Waals surface area contributed by atoms with E-state index in [9.17, 15) is 14.0 Å². The number of nitrogens with one attached hydrogen (secondary N) is 1. The van der Waals surface area contributed by atoms with Crippen molar-refractivity contribution >= 4 is 17.5 Å². The summed E-state index contributed by atoms with van der Waals surface area (Å²) in [5.74, 6) is -1.11. The predicted octanol–water partition coefficient (Wildman–Crippen LogP) is 2.17. The van der Waals surface area contributed by atoms with Gasteiger partial charge in [-0.3, -0.25) is 9.59 Å². The molecule has 0 bridgehead atoms. The number of likely N-dealkylation sites (tertiary alicyclic amines) is 1. The van der Waals surface area contributed by atoms with Gasteiger partial charge in [-0.25, -0.2) is 4.39 Å². The molecule has 2 aliphatic rings. The van der Waals surface area contributed by atoms with Crippen LogP contribution in [0.15, 0.2) is 24.3 Å². The molecular weight excluding hydrogens is 321 g/mol. The predicted molar refractivity (Wildman–Crippen MR) is 94.8 cm³/mol. The second kappa shape index (κ2) is 7.95. The van der Waals surface area contributed by atoms with E-state index in [1.807, 2.05) is 0 Å². The zero-order chi connectivity index (χ0) is 17.8. The number of nitrogens with zero attached hydrogens (tertiary/aromatic N) is 2. The maximum atomic E-state index is 13.9. The fourth-order valence-electron chi connectivity index (χ4n) is 3.72. The van der Waals surface area contributed by atoms with Crippen LogP contribution >= 0.6 is 0 Å². The van der Waals surface area contributed by atoms with Crippen molar-refractivity contribution in [2.24, 2.45) is 5.92 Å². The Morgan fingerprint density at radius 1 is 1.28 bits per heavy atom. The van der Waals surface area contributed by atoms with E-state index in [0.717, 1.165) is 38.9 Å². The number of halogens is 1. The summed E-state index contributed by atoms with van der Waals surface area (Å²) in [6.07, 6.45) is 3.19. The summed E-state index contributed by atoms with van der Waals surface area (Å²) in [6, 6.07) is 6.38. The molecule has 2 amide bonds. The first-order valence-electron chi connectivity index (χ1n) is 9.16. The Kier molecular flexibility index (Phi) is 5.68. The number of hydrogen-bond donors (Lipinski definition) is 1. The summed E-state index contributed by atoms with van der Waals surface area (Å²) in [7, 11) is 0. The fraction of sp³-hybridized carbons (Fsp3) is 0.579. The number of carbonyl (C=O) groups is 2. The Morgan fingerprint density at radius 2 is 2.00 bits per heavy atom. The molecule has 0 saturated carbocycles. The van der Waals surface area contributed by atoms with Crippen LogP contribution < -0.4 is 10.2 Å². The van der Waals surface area contributed by atoms with Gasteiger partial charge in [0.2, 0.25) is 11.8 Å². The lowest BCUT2D eigenvalue weighted by atomic mass is 10.0. The van der Waals surface area contributed by atoms with Crippen molar-refractivity contribution in [2.45, 2.75) is 38.6 Å². The summed E-state index contributed by atoms with van der Waals surface area (Å²) < 4.78 is 13.9. The first-order valence-corrected chi connectivity index (χ1v) is 9.16. The van der Waals surface area contributed by atoms with Gasteiger partial charge in [0.05, 0.1) is 11.6 Å². The van der Waals surface area contributed by atoms with Crippen molar-refractivity contribution in [1.29, 1.82) is 0 Å². The molecule has 2 aliphatic heterocycles. The molecule has 1 aromatic rings. The topological polar surface area (TPSA) is 52.7 Å². The van der Waals surface area contributed by atoms with E-state index in [2.05, 4.69) is 17.1 Å². The van der Waals surface area contributed by atoms with Gasteiger partial charge in [-0.1, -0.05) is 19.1 Å². The molecule has 1 aromatic carbocycles. The molecule has 0 radical (unpaired) electrons. The second-order valence-electron chi connectivity index (χ2n) is 6.98. The largest absolute Gasteiger partial charge is 0.353 e. The van der Waals surface area contributed by atoms with E-state index >= 15 is 0 Å². The van der Waals surface area contributed by atoms with Crippen molar-refractivity contribution in [3.63, 3.8) is 0 Å². The zero-order valence-corrected chi connectivity index (χ0v) is 14.7. The molecule has 0 aliphatic carbocycles. The third-order valence-electron chi connectivity index (χ3n) is 5.11. The maximum absolute atomic E-state index is 13.9. The number of benzene rings is 1. The third-order valence-corrected chi connectivity index (χ3v) is 5.11. The van der Waals surface area contributed by atoms with Gasteiger partial charge in [0.25, 0.3) is 0 Å². The number of amides is 2. The monoisotopic (exact) mass is 347 g/mol. The van der Waals surface area contributed by atoms with E-state index in [1.165, 1.54) is 11.0 Å². The van der Waals surface area contributed by atoms with Crippen molar-refractivity contribution in [3.8, 4) is 0 Å². The molecule has 5 nitrogen and oxygen atoms in total. The lowest BCUT2D eigenvalue weighted by molar-refractivity contribution is -0.127. The smallest absolute Gasteiger partial charge is 0.227 e.